The molecule has 1 rings (SSSR count). The van der Waals surface area contributed by atoms with E-state index in [9.17, 15) is 0 Å². The van der Waals surface area contributed by atoms with Crippen LogP contribution in [-0.4, -0.2) is 13.6 Å². The summed E-state index contributed by atoms with van der Waals surface area (Å²) in [6.07, 6.45) is 3.16. The first kappa shape index (κ1) is 11.7. The average molecular weight is 201 g/mol. The molecule has 0 aliphatic carbocycles. The fourth-order valence-corrected chi connectivity index (χ4v) is 1.44. The molecule has 0 aliphatic rings. The van der Waals surface area contributed by atoms with Crippen LogP contribution in [0.4, 0.5) is 0 Å². The Morgan fingerprint density at radius 1 is 1.33 bits per heavy atom. The minimum atomic E-state index is 0.928. The maximum absolute atomic E-state index is 4.09. The van der Waals surface area contributed by atoms with Gasteiger partial charge in [0.05, 0.1) is 0 Å². The predicted molar refractivity (Wildman–Crippen MR) is 67.8 cm³/mol. The van der Waals surface area contributed by atoms with Crippen molar-refractivity contribution in [3.8, 4) is 0 Å². The number of benzene rings is 1. The van der Waals surface area contributed by atoms with E-state index >= 15 is 0 Å². The molecule has 1 aromatic carbocycles. The van der Waals surface area contributed by atoms with Gasteiger partial charge >= 0.3 is 0 Å². The van der Waals surface area contributed by atoms with Crippen molar-refractivity contribution in [1.29, 1.82) is 0 Å². The lowest BCUT2D eigenvalue weighted by atomic mass is 10.0. The van der Waals surface area contributed by atoms with E-state index in [1.807, 2.05) is 25.2 Å². The minimum Gasteiger partial charge on any atom is -0.316 e. The van der Waals surface area contributed by atoms with Crippen molar-refractivity contribution in [1.82, 2.24) is 5.32 Å². The average Bonchev–Trinajstić information content (AvgIpc) is 2.27. The molecule has 0 aliphatic heterocycles. The Kier molecular flexibility index (Phi) is 4.85. The zero-order valence-corrected chi connectivity index (χ0v) is 9.59. The molecular formula is C14H19N. The summed E-state index contributed by atoms with van der Waals surface area (Å²) >= 11 is 0. The zero-order valence-electron chi connectivity index (χ0n) is 9.59. The number of nitrogens with one attached hydrogen (secondary N) is 1. The number of allylic oxidation sites excluding steroid dienone is 2. The van der Waals surface area contributed by atoms with Gasteiger partial charge in [0.25, 0.3) is 0 Å². The van der Waals surface area contributed by atoms with Gasteiger partial charge in [-0.2, -0.15) is 0 Å². The SMILES string of the molecule is C=C(C/C=C(\C)CNC)c1ccccc1. The van der Waals surface area contributed by atoms with Crippen molar-refractivity contribution in [3.05, 3.63) is 54.1 Å². The molecule has 0 aromatic heterocycles. The zero-order chi connectivity index (χ0) is 11.1. The van der Waals surface area contributed by atoms with Crippen molar-refractivity contribution in [2.24, 2.45) is 0 Å². The van der Waals surface area contributed by atoms with Gasteiger partial charge in [0.15, 0.2) is 0 Å². The van der Waals surface area contributed by atoms with Crippen LogP contribution in [0, 0.1) is 0 Å². The van der Waals surface area contributed by atoms with E-state index < -0.39 is 0 Å². The van der Waals surface area contributed by atoms with Crippen molar-refractivity contribution >= 4 is 5.57 Å². The summed E-state index contributed by atoms with van der Waals surface area (Å²) < 4.78 is 0. The molecule has 1 aromatic rings. The third kappa shape index (κ3) is 4.13. The van der Waals surface area contributed by atoms with Crippen LogP contribution in [0.25, 0.3) is 5.57 Å². The lowest BCUT2D eigenvalue weighted by molar-refractivity contribution is 0.876. The molecule has 0 saturated heterocycles. The lowest BCUT2D eigenvalue weighted by Gasteiger charge is -2.04. The number of hydrogen-bond acceptors (Lipinski definition) is 1. The van der Waals surface area contributed by atoms with Gasteiger partial charge in [0, 0.05) is 6.54 Å². The van der Waals surface area contributed by atoms with Crippen LogP contribution in [0.5, 0.6) is 0 Å². The quantitative estimate of drug-likeness (QED) is 0.721. The molecule has 1 heteroatoms. The second kappa shape index (κ2) is 6.20. The van der Waals surface area contributed by atoms with Crippen molar-refractivity contribution in [2.45, 2.75) is 13.3 Å². The molecule has 0 heterocycles. The fraction of sp³-hybridized carbons (Fsp3) is 0.286. The summed E-state index contributed by atoms with van der Waals surface area (Å²) in [5.74, 6) is 0. The highest BCUT2D eigenvalue weighted by Crippen LogP contribution is 2.16. The van der Waals surface area contributed by atoms with E-state index in [-0.39, 0.29) is 0 Å². The van der Waals surface area contributed by atoms with Gasteiger partial charge in [-0.05, 0) is 31.5 Å². The number of likely N-dealkylation sites (N-methyl/N-ethyl adjacent to an activating group) is 1. The molecule has 0 saturated carbocycles. The van der Waals surface area contributed by atoms with Crippen molar-refractivity contribution in [3.63, 3.8) is 0 Å². The molecule has 1 N–H and O–H groups in total. The molecule has 0 bridgehead atoms. The first-order chi connectivity index (χ1) is 7.24. The summed E-state index contributed by atoms with van der Waals surface area (Å²) in [6, 6.07) is 10.3. The van der Waals surface area contributed by atoms with Crippen LogP contribution in [0.2, 0.25) is 0 Å². The molecule has 1 nitrogen and oxygen atoms in total. The normalized spacial score (nSPS) is 11.5. The Morgan fingerprint density at radius 2 is 2.00 bits per heavy atom. The largest absolute Gasteiger partial charge is 0.316 e. The standard InChI is InChI=1S/C14H19N/c1-12(11-15-3)9-10-13(2)14-7-5-4-6-8-14/h4-9,15H,2,10-11H2,1,3H3/b12-9+. The third-order valence-electron chi connectivity index (χ3n) is 2.33. The van der Waals surface area contributed by atoms with Crippen LogP contribution >= 0.6 is 0 Å². The van der Waals surface area contributed by atoms with Crippen LogP contribution in [-0.2, 0) is 0 Å². The molecule has 0 radical (unpaired) electrons. The minimum absolute atomic E-state index is 0.928. The first-order valence-electron chi connectivity index (χ1n) is 5.27. The van der Waals surface area contributed by atoms with E-state index in [2.05, 4.69) is 37.0 Å². The van der Waals surface area contributed by atoms with Crippen LogP contribution in [0.1, 0.15) is 18.9 Å². The summed E-state index contributed by atoms with van der Waals surface area (Å²) in [5.41, 5.74) is 3.76. The van der Waals surface area contributed by atoms with Gasteiger partial charge < -0.3 is 5.32 Å². The van der Waals surface area contributed by atoms with Crippen LogP contribution in [0.3, 0.4) is 0 Å². The maximum atomic E-state index is 4.09. The van der Waals surface area contributed by atoms with Crippen molar-refractivity contribution < 1.29 is 0 Å². The molecule has 0 amide bonds. The summed E-state index contributed by atoms with van der Waals surface area (Å²) in [7, 11) is 1.96. The number of rotatable bonds is 5. The predicted octanol–water partition coefficient (Wildman–Crippen LogP) is 3.26. The molecule has 0 unspecified atom stereocenters. The summed E-state index contributed by atoms with van der Waals surface area (Å²) in [5, 5.41) is 3.13. The van der Waals surface area contributed by atoms with E-state index in [1.54, 1.807) is 0 Å². The monoisotopic (exact) mass is 201 g/mol. The Hall–Kier alpha value is -1.34. The van der Waals surface area contributed by atoms with E-state index in [4.69, 9.17) is 0 Å². The van der Waals surface area contributed by atoms with E-state index in [0.29, 0.717) is 0 Å². The first-order valence-corrected chi connectivity index (χ1v) is 5.27. The van der Waals surface area contributed by atoms with Gasteiger partial charge in [-0.1, -0.05) is 48.6 Å². The summed E-state index contributed by atoms with van der Waals surface area (Å²) in [6.45, 7) is 7.17. The lowest BCUT2D eigenvalue weighted by Crippen LogP contribution is -2.08. The smallest absolute Gasteiger partial charge is 0.0158 e. The molecule has 0 spiro atoms. The fourth-order valence-electron chi connectivity index (χ4n) is 1.44. The van der Waals surface area contributed by atoms with Crippen LogP contribution < -0.4 is 5.32 Å². The Balaban J connectivity index is 2.54. The highest BCUT2D eigenvalue weighted by Gasteiger charge is 1.95. The van der Waals surface area contributed by atoms with Crippen LogP contribution in [0.15, 0.2) is 48.6 Å². The molecule has 15 heavy (non-hydrogen) atoms. The molecule has 0 fully saturated rings. The topological polar surface area (TPSA) is 12.0 Å². The maximum Gasteiger partial charge on any atom is 0.0158 e. The Morgan fingerprint density at radius 3 is 2.60 bits per heavy atom. The van der Waals surface area contributed by atoms with E-state index in [1.165, 1.54) is 16.7 Å². The third-order valence-corrected chi connectivity index (χ3v) is 2.33. The second-order valence-corrected chi connectivity index (χ2v) is 3.75. The molecule has 0 atom stereocenters. The molecular weight excluding hydrogens is 182 g/mol. The highest BCUT2D eigenvalue weighted by atomic mass is 14.8. The molecule has 80 valence electrons. The Labute approximate surface area is 92.5 Å². The van der Waals surface area contributed by atoms with Gasteiger partial charge in [-0.25, -0.2) is 0 Å². The van der Waals surface area contributed by atoms with Gasteiger partial charge in [0.2, 0.25) is 0 Å². The van der Waals surface area contributed by atoms with Gasteiger partial charge in [0.1, 0.15) is 0 Å². The van der Waals surface area contributed by atoms with Gasteiger partial charge in [-0.15, -0.1) is 0 Å². The second-order valence-electron chi connectivity index (χ2n) is 3.75. The van der Waals surface area contributed by atoms with Crippen molar-refractivity contribution in [2.75, 3.05) is 13.6 Å². The van der Waals surface area contributed by atoms with Gasteiger partial charge in [-0.3, -0.25) is 0 Å². The van der Waals surface area contributed by atoms with E-state index in [0.717, 1.165) is 13.0 Å². The number of hydrogen-bond donors (Lipinski definition) is 1. The Bertz CT molecular complexity index is 336. The summed E-state index contributed by atoms with van der Waals surface area (Å²) in [4.78, 5) is 0. The highest BCUT2D eigenvalue weighted by molar-refractivity contribution is 5.64.